The Morgan fingerprint density at radius 3 is 2.82 bits per heavy atom. The van der Waals surface area contributed by atoms with Crippen LogP contribution < -0.4 is 5.32 Å². The lowest BCUT2D eigenvalue weighted by Crippen LogP contribution is -2.41. The summed E-state index contributed by atoms with van der Waals surface area (Å²) in [6.45, 7) is 3.85. The molecule has 4 nitrogen and oxygen atoms in total. The van der Waals surface area contributed by atoms with Gasteiger partial charge in [-0.15, -0.1) is 0 Å². The third-order valence-corrected chi connectivity index (χ3v) is 3.79. The summed E-state index contributed by atoms with van der Waals surface area (Å²) in [5, 5.41) is 3.17. The second-order valence-electron chi connectivity index (χ2n) is 4.89. The normalized spacial score (nSPS) is 29.0. The highest BCUT2D eigenvalue weighted by molar-refractivity contribution is 5.69. The lowest BCUT2D eigenvalue weighted by Gasteiger charge is -2.39. The molecule has 2 unspecified atom stereocenters. The second kappa shape index (κ2) is 6.97. The topological polar surface area (TPSA) is 47.6 Å². The van der Waals surface area contributed by atoms with Gasteiger partial charge in [0.1, 0.15) is 0 Å². The summed E-state index contributed by atoms with van der Waals surface area (Å²) in [5.41, 5.74) is 0.0234. The Morgan fingerprint density at radius 2 is 2.35 bits per heavy atom. The Labute approximate surface area is 104 Å². The van der Waals surface area contributed by atoms with Gasteiger partial charge < -0.3 is 14.8 Å². The molecular weight excluding hydrogens is 218 g/mol. The molecule has 0 amide bonds. The summed E-state index contributed by atoms with van der Waals surface area (Å²) < 4.78 is 10.7. The van der Waals surface area contributed by atoms with Crippen LogP contribution in [0.15, 0.2) is 0 Å². The van der Waals surface area contributed by atoms with Crippen LogP contribution in [0.25, 0.3) is 0 Å². The third kappa shape index (κ3) is 4.28. The van der Waals surface area contributed by atoms with Gasteiger partial charge in [-0.25, -0.2) is 0 Å². The highest BCUT2D eigenvalue weighted by Gasteiger charge is 2.34. The van der Waals surface area contributed by atoms with Crippen LogP contribution in [0.5, 0.6) is 0 Å². The van der Waals surface area contributed by atoms with Crippen LogP contribution >= 0.6 is 0 Å². The van der Waals surface area contributed by atoms with Crippen molar-refractivity contribution in [2.24, 2.45) is 5.92 Å². The molecule has 1 aliphatic rings. The summed E-state index contributed by atoms with van der Waals surface area (Å²) in [6.07, 6.45) is 4.69. The number of hydrogen-bond acceptors (Lipinski definition) is 4. The average Bonchev–Trinajstić information content (AvgIpc) is 2.38. The predicted molar refractivity (Wildman–Crippen MR) is 66.9 cm³/mol. The van der Waals surface area contributed by atoms with Crippen LogP contribution in [0.2, 0.25) is 0 Å². The molecule has 1 heterocycles. The number of carbonyl (C=O) groups is 1. The molecule has 2 atom stereocenters. The van der Waals surface area contributed by atoms with E-state index in [0.717, 1.165) is 32.2 Å². The first-order chi connectivity index (χ1) is 8.15. The lowest BCUT2D eigenvalue weighted by molar-refractivity contribution is -0.147. The zero-order valence-corrected chi connectivity index (χ0v) is 11.3. The highest BCUT2D eigenvalue weighted by atomic mass is 16.5. The van der Waals surface area contributed by atoms with Crippen molar-refractivity contribution >= 4 is 5.97 Å². The van der Waals surface area contributed by atoms with Crippen LogP contribution in [0.3, 0.4) is 0 Å². The van der Waals surface area contributed by atoms with E-state index in [1.165, 1.54) is 7.11 Å². The number of carbonyl (C=O) groups excluding carboxylic acids is 1. The lowest BCUT2D eigenvalue weighted by atomic mass is 9.83. The molecule has 1 fully saturated rings. The van der Waals surface area contributed by atoms with Gasteiger partial charge in [-0.3, -0.25) is 4.79 Å². The van der Waals surface area contributed by atoms with Gasteiger partial charge >= 0.3 is 5.97 Å². The minimum absolute atomic E-state index is 0.0234. The third-order valence-electron chi connectivity index (χ3n) is 3.79. The number of nitrogens with one attached hydrogen (secondary N) is 1. The number of ether oxygens (including phenoxy) is 2. The molecule has 0 aliphatic carbocycles. The van der Waals surface area contributed by atoms with Gasteiger partial charge in [-0.2, -0.15) is 0 Å². The molecule has 1 saturated heterocycles. The first-order valence-corrected chi connectivity index (χ1v) is 6.51. The van der Waals surface area contributed by atoms with Crippen LogP contribution in [0.1, 0.15) is 39.0 Å². The Morgan fingerprint density at radius 1 is 1.59 bits per heavy atom. The number of methoxy groups -OCH3 is 1. The molecular formula is C13H25NO3. The smallest absolute Gasteiger partial charge is 0.305 e. The second-order valence-corrected chi connectivity index (χ2v) is 4.89. The summed E-state index contributed by atoms with van der Waals surface area (Å²) >= 11 is 0. The Balaban J connectivity index is 2.39. The average molecular weight is 243 g/mol. The summed E-state index contributed by atoms with van der Waals surface area (Å²) in [7, 11) is 3.40. The van der Waals surface area contributed by atoms with Crippen molar-refractivity contribution in [3.8, 4) is 0 Å². The zero-order chi connectivity index (χ0) is 12.7. The predicted octanol–water partition coefficient (Wildman–Crippen LogP) is 1.73. The highest BCUT2D eigenvalue weighted by Crippen LogP contribution is 2.34. The van der Waals surface area contributed by atoms with Crippen LogP contribution in [-0.4, -0.2) is 38.9 Å². The largest absolute Gasteiger partial charge is 0.469 e. The van der Waals surface area contributed by atoms with Crippen molar-refractivity contribution in [3.05, 3.63) is 0 Å². The first kappa shape index (κ1) is 14.5. The quantitative estimate of drug-likeness (QED) is 0.722. The fourth-order valence-electron chi connectivity index (χ4n) is 2.40. The Kier molecular flexibility index (Phi) is 5.92. The van der Waals surface area contributed by atoms with Gasteiger partial charge in [0.2, 0.25) is 0 Å². The maximum absolute atomic E-state index is 11.2. The van der Waals surface area contributed by atoms with Gasteiger partial charge in [0.25, 0.3) is 0 Å². The molecule has 0 aromatic heterocycles. The Bertz CT molecular complexity index is 235. The monoisotopic (exact) mass is 243 g/mol. The molecule has 0 radical (unpaired) electrons. The van der Waals surface area contributed by atoms with E-state index >= 15 is 0 Å². The van der Waals surface area contributed by atoms with Gasteiger partial charge in [-0.1, -0.05) is 6.92 Å². The van der Waals surface area contributed by atoms with Crippen molar-refractivity contribution in [3.63, 3.8) is 0 Å². The van der Waals surface area contributed by atoms with E-state index in [1.54, 1.807) is 0 Å². The van der Waals surface area contributed by atoms with E-state index < -0.39 is 0 Å². The summed E-state index contributed by atoms with van der Waals surface area (Å²) in [5.74, 6) is 0.203. The Hall–Kier alpha value is -0.610. The molecule has 0 aromatic rings. The van der Waals surface area contributed by atoms with E-state index in [9.17, 15) is 4.79 Å². The maximum atomic E-state index is 11.2. The van der Waals surface area contributed by atoms with Crippen LogP contribution in [0, 0.1) is 5.92 Å². The molecule has 0 bridgehead atoms. The van der Waals surface area contributed by atoms with Crippen molar-refractivity contribution in [2.45, 2.75) is 44.6 Å². The maximum Gasteiger partial charge on any atom is 0.305 e. The van der Waals surface area contributed by atoms with Crippen molar-refractivity contribution in [1.82, 2.24) is 5.32 Å². The van der Waals surface area contributed by atoms with Gasteiger partial charge in [0, 0.05) is 0 Å². The minimum atomic E-state index is -0.127. The number of rotatable bonds is 6. The molecule has 100 valence electrons. The molecule has 17 heavy (non-hydrogen) atoms. The van der Waals surface area contributed by atoms with Crippen molar-refractivity contribution in [1.29, 1.82) is 0 Å². The van der Waals surface area contributed by atoms with E-state index in [1.807, 2.05) is 7.05 Å². The van der Waals surface area contributed by atoms with E-state index in [2.05, 4.69) is 12.2 Å². The minimum Gasteiger partial charge on any atom is -0.469 e. The van der Waals surface area contributed by atoms with Gasteiger partial charge in [-0.05, 0) is 45.2 Å². The molecule has 0 aromatic carbocycles. The van der Waals surface area contributed by atoms with Crippen molar-refractivity contribution < 1.29 is 14.3 Å². The van der Waals surface area contributed by atoms with E-state index in [-0.39, 0.29) is 11.6 Å². The molecule has 1 rings (SSSR count). The molecule has 0 spiro atoms. The fourth-order valence-corrected chi connectivity index (χ4v) is 2.40. The van der Waals surface area contributed by atoms with Gasteiger partial charge in [0.15, 0.2) is 0 Å². The van der Waals surface area contributed by atoms with Gasteiger partial charge in [0.05, 0.1) is 25.7 Å². The standard InChI is InChI=1S/C13H25NO3/c1-4-13(7-8-14-2)6-5-11(10-17-13)9-12(15)16-3/h11,14H,4-10H2,1-3H3. The summed E-state index contributed by atoms with van der Waals surface area (Å²) in [6, 6.07) is 0. The zero-order valence-electron chi connectivity index (χ0n) is 11.3. The first-order valence-electron chi connectivity index (χ1n) is 6.51. The van der Waals surface area contributed by atoms with E-state index in [0.29, 0.717) is 18.9 Å². The summed E-state index contributed by atoms with van der Waals surface area (Å²) in [4.78, 5) is 11.2. The molecule has 4 heteroatoms. The number of hydrogen-bond donors (Lipinski definition) is 1. The number of esters is 1. The van der Waals surface area contributed by atoms with Crippen LogP contribution in [-0.2, 0) is 14.3 Å². The van der Waals surface area contributed by atoms with Crippen LogP contribution in [0.4, 0.5) is 0 Å². The fraction of sp³-hybridized carbons (Fsp3) is 0.923. The molecule has 0 saturated carbocycles. The SMILES string of the molecule is CCC1(CCNC)CCC(CC(=O)OC)CO1. The van der Waals surface area contributed by atoms with E-state index in [4.69, 9.17) is 9.47 Å². The molecule has 1 N–H and O–H groups in total. The van der Waals surface area contributed by atoms with Crippen molar-refractivity contribution in [2.75, 3.05) is 27.3 Å². The molecule has 1 aliphatic heterocycles.